The van der Waals surface area contributed by atoms with Gasteiger partial charge in [0, 0.05) is 0 Å². The molecule has 0 saturated heterocycles. The first-order valence-electron chi connectivity index (χ1n) is 8.49. The Morgan fingerprint density at radius 2 is 0.885 bits per heavy atom. The molecular weight excluding hydrogens is 320 g/mol. The van der Waals surface area contributed by atoms with Crippen LogP contribution in [0.1, 0.15) is 22.3 Å². The molecule has 26 heavy (non-hydrogen) atoms. The lowest BCUT2D eigenvalue weighted by molar-refractivity contribution is -0.313. The van der Waals surface area contributed by atoms with Crippen LogP contribution in [0.3, 0.4) is 0 Å². The molecular formula is C24H24O2. The molecule has 0 fully saturated rings. The Bertz CT molecular complexity index is 711. The third-order valence-corrected chi connectivity index (χ3v) is 3.66. The first kappa shape index (κ1) is 19.4. The second kappa shape index (κ2) is 11.6. The smallest absolute Gasteiger partial charge is 0.107 e. The Morgan fingerprint density at radius 1 is 0.538 bits per heavy atom. The van der Waals surface area contributed by atoms with E-state index in [2.05, 4.69) is 13.2 Å². The molecule has 3 aromatic carbocycles. The molecule has 2 heteroatoms. The van der Waals surface area contributed by atoms with Gasteiger partial charge < -0.3 is 0 Å². The van der Waals surface area contributed by atoms with Crippen LogP contribution in [0.4, 0.5) is 0 Å². The van der Waals surface area contributed by atoms with Crippen molar-refractivity contribution >= 4 is 12.2 Å². The van der Waals surface area contributed by atoms with Gasteiger partial charge in [-0.15, -0.1) is 0 Å². The van der Waals surface area contributed by atoms with E-state index < -0.39 is 0 Å². The van der Waals surface area contributed by atoms with Gasteiger partial charge in [-0.2, -0.15) is 0 Å². The molecule has 0 N–H and O–H groups in total. The predicted molar refractivity (Wildman–Crippen MR) is 109 cm³/mol. The Morgan fingerprint density at radius 3 is 1.23 bits per heavy atom. The van der Waals surface area contributed by atoms with Gasteiger partial charge in [0.2, 0.25) is 0 Å². The molecule has 0 bridgehead atoms. The van der Waals surface area contributed by atoms with Gasteiger partial charge >= 0.3 is 0 Å². The maximum atomic E-state index is 5.12. The van der Waals surface area contributed by atoms with Crippen LogP contribution in [-0.2, 0) is 23.0 Å². The standard InChI is InChI=1S/C14H14O2.C10H10/c1-3-7-13(8-4-1)11-15-16-12-14-9-5-2-6-10-14;1-3-9-7-5-6-8-10(9)4-2/h1-10H,11-12H2;3-8H,1-2H2. The van der Waals surface area contributed by atoms with E-state index >= 15 is 0 Å². The number of hydrogen-bond donors (Lipinski definition) is 0. The minimum atomic E-state index is 0.480. The molecule has 0 aliphatic carbocycles. The largest absolute Gasteiger partial charge is 0.232 e. The summed E-state index contributed by atoms with van der Waals surface area (Å²) >= 11 is 0. The quantitative estimate of drug-likeness (QED) is 0.284. The molecule has 0 aliphatic heterocycles. The lowest BCUT2D eigenvalue weighted by Gasteiger charge is -2.04. The molecule has 0 amide bonds. The maximum absolute atomic E-state index is 5.12. The van der Waals surface area contributed by atoms with Gasteiger partial charge in [-0.1, -0.05) is 110 Å². The van der Waals surface area contributed by atoms with E-state index in [-0.39, 0.29) is 0 Å². The minimum Gasteiger partial charge on any atom is -0.232 e. The summed E-state index contributed by atoms with van der Waals surface area (Å²) in [5, 5.41) is 0. The van der Waals surface area contributed by atoms with Crippen molar-refractivity contribution in [3.8, 4) is 0 Å². The van der Waals surface area contributed by atoms with Gasteiger partial charge in [0.1, 0.15) is 13.2 Å². The number of benzene rings is 3. The van der Waals surface area contributed by atoms with Gasteiger partial charge in [-0.05, 0) is 22.3 Å². The number of hydrogen-bond acceptors (Lipinski definition) is 2. The van der Waals surface area contributed by atoms with Gasteiger partial charge in [0.25, 0.3) is 0 Å². The van der Waals surface area contributed by atoms with E-state index in [1.807, 2.05) is 97.1 Å². The van der Waals surface area contributed by atoms with Crippen molar-refractivity contribution in [2.45, 2.75) is 13.2 Å². The first-order chi connectivity index (χ1) is 12.8. The predicted octanol–water partition coefficient (Wildman–Crippen LogP) is 6.31. The van der Waals surface area contributed by atoms with Crippen molar-refractivity contribution in [3.63, 3.8) is 0 Å². The SMILES string of the molecule is C=Cc1ccccc1C=C.c1ccc(COOCc2ccccc2)cc1. The van der Waals surface area contributed by atoms with E-state index in [9.17, 15) is 0 Å². The van der Waals surface area contributed by atoms with Crippen LogP contribution in [0.5, 0.6) is 0 Å². The summed E-state index contributed by atoms with van der Waals surface area (Å²) in [6, 6.07) is 27.9. The van der Waals surface area contributed by atoms with E-state index in [4.69, 9.17) is 9.78 Å². The lowest BCUT2D eigenvalue weighted by atomic mass is 10.1. The van der Waals surface area contributed by atoms with Crippen LogP contribution < -0.4 is 0 Å². The second-order valence-electron chi connectivity index (χ2n) is 5.53. The molecule has 132 valence electrons. The summed E-state index contributed by atoms with van der Waals surface area (Å²) in [6.45, 7) is 8.34. The maximum Gasteiger partial charge on any atom is 0.107 e. The third kappa shape index (κ3) is 6.89. The lowest BCUT2D eigenvalue weighted by Crippen LogP contribution is -1.95. The van der Waals surface area contributed by atoms with Crippen LogP contribution in [0.15, 0.2) is 98.1 Å². The average molecular weight is 344 g/mol. The van der Waals surface area contributed by atoms with E-state index in [0.717, 1.165) is 22.3 Å². The molecule has 0 aromatic heterocycles. The summed E-state index contributed by atoms with van der Waals surface area (Å²) in [7, 11) is 0. The van der Waals surface area contributed by atoms with Crippen LogP contribution in [0, 0.1) is 0 Å². The fraction of sp³-hybridized carbons (Fsp3) is 0.0833. The zero-order valence-electron chi connectivity index (χ0n) is 14.9. The highest BCUT2D eigenvalue weighted by Gasteiger charge is 1.94. The first-order valence-corrected chi connectivity index (χ1v) is 8.49. The van der Waals surface area contributed by atoms with Crippen LogP contribution >= 0.6 is 0 Å². The highest BCUT2D eigenvalue weighted by atomic mass is 17.2. The van der Waals surface area contributed by atoms with Crippen molar-refractivity contribution in [3.05, 3.63) is 120 Å². The van der Waals surface area contributed by atoms with Gasteiger partial charge in [-0.25, -0.2) is 9.78 Å². The molecule has 0 heterocycles. The fourth-order valence-electron chi connectivity index (χ4n) is 2.25. The van der Waals surface area contributed by atoms with Crippen LogP contribution in [-0.4, -0.2) is 0 Å². The summed E-state index contributed by atoms with van der Waals surface area (Å²) < 4.78 is 0. The van der Waals surface area contributed by atoms with Crippen LogP contribution in [0.25, 0.3) is 12.2 Å². The van der Waals surface area contributed by atoms with Crippen LogP contribution in [0.2, 0.25) is 0 Å². The molecule has 3 rings (SSSR count). The topological polar surface area (TPSA) is 18.5 Å². The second-order valence-corrected chi connectivity index (χ2v) is 5.53. The monoisotopic (exact) mass is 344 g/mol. The zero-order chi connectivity index (χ0) is 18.5. The third-order valence-electron chi connectivity index (χ3n) is 3.66. The highest BCUT2D eigenvalue weighted by Crippen LogP contribution is 2.10. The zero-order valence-corrected chi connectivity index (χ0v) is 14.9. The Balaban J connectivity index is 0.000000209. The van der Waals surface area contributed by atoms with E-state index in [0.29, 0.717) is 13.2 Å². The van der Waals surface area contributed by atoms with Gasteiger partial charge in [0.05, 0.1) is 0 Å². The normalized spacial score (nSPS) is 9.69. The fourth-order valence-corrected chi connectivity index (χ4v) is 2.25. The molecule has 0 atom stereocenters. The number of rotatable bonds is 7. The summed E-state index contributed by atoms with van der Waals surface area (Å²) in [5.74, 6) is 0. The molecule has 3 aromatic rings. The van der Waals surface area contributed by atoms with Gasteiger partial charge in [-0.3, -0.25) is 0 Å². The Kier molecular flexibility index (Phi) is 8.64. The van der Waals surface area contributed by atoms with Crippen molar-refractivity contribution < 1.29 is 9.78 Å². The Hall–Kier alpha value is -2.94. The Labute approximate surface area is 156 Å². The molecule has 0 radical (unpaired) electrons. The van der Waals surface area contributed by atoms with Crippen molar-refractivity contribution in [2.24, 2.45) is 0 Å². The summed E-state index contributed by atoms with van der Waals surface area (Å²) in [5.41, 5.74) is 4.49. The molecule has 2 nitrogen and oxygen atoms in total. The summed E-state index contributed by atoms with van der Waals surface area (Å²) in [6.07, 6.45) is 3.66. The molecule has 0 aliphatic rings. The molecule has 0 saturated carbocycles. The average Bonchev–Trinajstić information content (AvgIpc) is 2.73. The summed E-state index contributed by atoms with van der Waals surface area (Å²) in [4.78, 5) is 10.2. The highest BCUT2D eigenvalue weighted by molar-refractivity contribution is 5.63. The van der Waals surface area contributed by atoms with Crippen molar-refractivity contribution in [1.29, 1.82) is 0 Å². The van der Waals surface area contributed by atoms with E-state index in [1.54, 1.807) is 0 Å². The van der Waals surface area contributed by atoms with Crippen molar-refractivity contribution in [1.82, 2.24) is 0 Å². The van der Waals surface area contributed by atoms with Gasteiger partial charge in [0.15, 0.2) is 0 Å². The molecule has 0 spiro atoms. The van der Waals surface area contributed by atoms with E-state index in [1.165, 1.54) is 0 Å². The van der Waals surface area contributed by atoms with Crippen molar-refractivity contribution in [2.75, 3.05) is 0 Å². The minimum absolute atomic E-state index is 0.480. The molecule has 0 unspecified atom stereocenters.